The molecule has 4 rings (SSSR count). The lowest BCUT2D eigenvalue weighted by Crippen LogP contribution is -2.52. The minimum Gasteiger partial charge on any atom is -0.481 e. The Bertz CT molecular complexity index is 1500. The van der Waals surface area contributed by atoms with E-state index in [4.69, 9.17) is 31.9 Å². The molecule has 1 aromatic carbocycles. The molecule has 3 aromatic rings. The molecule has 42 heavy (non-hydrogen) atoms. The van der Waals surface area contributed by atoms with Gasteiger partial charge in [-0.15, -0.1) is 0 Å². The van der Waals surface area contributed by atoms with Gasteiger partial charge in [0.05, 0.1) is 12.9 Å². The van der Waals surface area contributed by atoms with Crippen LogP contribution in [0.5, 0.6) is 0 Å². The highest BCUT2D eigenvalue weighted by Crippen LogP contribution is 2.35. The molecule has 6 N–H and O–H groups in total. The standard InChI is InChI=1S/C25H25ClFN5O10/c26-24-30-19(28)17-20(31-24)32(10-29-17)21-16(27)18(36)14(42-21)9-41-25(22(37)38,23(39)40)8-11-4-6-12(7-5-11)13(33)2-1-3-15(34)35/h4-7,10,14,16,18,21,36H,1-3,8-9H2,(H,34,35)(H,37,38)(H,39,40)(H2,28,30,31)/t14-,16+,18-,21-/m1/s1. The van der Waals surface area contributed by atoms with Gasteiger partial charge in [0.2, 0.25) is 5.28 Å². The van der Waals surface area contributed by atoms with Gasteiger partial charge < -0.3 is 35.6 Å². The number of fused-ring (bicyclic) bond motifs is 1. The number of aliphatic hydroxyl groups excluding tert-OH is 1. The fourth-order valence-electron chi connectivity index (χ4n) is 4.44. The smallest absolute Gasteiger partial charge is 0.348 e. The average molecular weight is 610 g/mol. The number of alkyl halides is 1. The lowest BCUT2D eigenvalue weighted by molar-refractivity contribution is -0.190. The van der Waals surface area contributed by atoms with Gasteiger partial charge in [-0.1, -0.05) is 24.3 Å². The van der Waals surface area contributed by atoms with Crippen LogP contribution in [0.4, 0.5) is 10.2 Å². The third-order valence-electron chi connectivity index (χ3n) is 6.70. The Labute approximate surface area is 240 Å². The first-order valence-corrected chi connectivity index (χ1v) is 12.8. The molecule has 1 aliphatic heterocycles. The third kappa shape index (κ3) is 6.15. The third-order valence-corrected chi connectivity index (χ3v) is 6.87. The molecule has 0 amide bonds. The molecule has 0 aliphatic carbocycles. The molecule has 0 bridgehead atoms. The average Bonchev–Trinajstić information content (AvgIpc) is 3.46. The number of nitrogens with zero attached hydrogens (tertiary/aromatic N) is 4. The van der Waals surface area contributed by atoms with Crippen molar-refractivity contribution in [3.63, 3.8) is 0 Å². The number of ketones is 1. The molecule has 224 valence electrons. The Balaban J connectivity index is 1.49. The number of carbonyl (C=O) groups excluding carboxylic acids is 1. The summed E-state index contributed by atoms with van der Waals surface area (Å²) in [6.07, 6.45) is -6.59. The zero-order valence-electron chi connectivity index (χ0n) is 21.6. The topological polar surface area (TPSA) is 237 Å². The number of halogens is 2. The van der Waals surface area contributed by atoms with Crippen LogP contribution in [0.2, 0.25) is 5.28 Å². The Morgan fingerprint density at radius 2 is 1.76 bits per heavy atom. The van der Waals surface area contributed by atoms with Gasteiger partial charge >= 0.3 is 17.9 Å². The van der Waals surface area contributed by atoms with Crippen molar-refractivity contribution in [3.8, 4) is 0 Å². The van der Waals surface area contributed by atoms with Crippen LogP contribution in [-0.2, 0) is 30.3 Å². The van der Waals surface area contributed by atoms with Gasteiger partial charge in [-0.2, -0.15) is 9.97 Å². The number of hydrogen-bond donors (Lipinski definition) is 5. The van der Waals surface area contributed by atoms with E-state index in [1.165, 1.54) is 24.3 Å². The van der Waals surface area contributed by atoms with E-state index in [0.717, 1.165) is 10.9 Å². The van der Waals surface area contributed by atoms with E-state index in [-0.39, 0.29) is 58.4 Å². The van der Waals surface area contributed by atoms with Gasteiger partial charge in [-0.25, -0.2) is 19.0 Å². The van der Waals surface area contributed by atoms with Crippen molar-refractivity contribution in [2.45, 2.75) is 55.9 Å². The number of carboxylic acids is 3. The van der Waals surface area contributed by atoms with Crippen LogP contribution < -0.4 is 5.73 Å². The van der Waals surface area contributed by atoms with Gasteiger partial charge in [0, 0.05) is 24.8 Å². The number of nitrogen functional groups attached to an aromatic ring is 1. The Morgan fingerprint density at radius 3 is 2.38 bits per heavy atom. The number of anilines is 1. The highest BCUT2D eigenvalue weighted by Gasteiger charge is 2.52. The first kappa shape index (κ1) is 30.7. The van der Waals surface area contributed by atoms with Crippen molar-refractivity contribution in [3.05, 3.63) is 47.0 Å². The van der Waals surface area contributed by atoms with Crippen LogP contribution in [-0.4, -0.2) is 94.2 Å². The second kappa shape index (κ2) is 12.3. The predicted octanol–water partition coefficient (Wildman–Crippen LogP) is 1.26. The largest absolute Gasteiger partial charge is 0.481 e. The fourth-order valence-corrected chi connectivity index (χ4v) is 4.62. The summed E-state index contributed by atoms with van der Waals surface area (Å²) in [5, 5.41) is 38.7. The highest BCUT2D eigenvalue weighted by molar-refractivity contribution is 6.28. The molecule has 0 saturated carbocycles. The number of Topliss-reactive ketones (excluding diaryl/α,β-unsaturated/α-hetero) is 1. The minimum atomic E-state index is -2.86. The molecule has 0 radical (unpaired) electrons. The number of hydrogen-bond acceptors (Lipinski definition) is 11. The number of benzene rings is 1. The van der Waals surface area contributed by atoms with Gasteiger partial charge in [0.15, 0.2) is 29.6 Å². The molecule has 17 heteroatoms. The normalized spacial score (nSPS) is 20.5. The van der Waals surface area contributed by atoms with Crippen LogP contribution in [0.3, 0.4) is 0 Å². The van der Waals surface area contributed by atoms with Gasteiger partial charge in [-0.05, 0) is 23.6 Å². The number of carbonyl (C=O) groups is 4. The first-order chi connectivity index (χ1) is 19.8. The molecule has 3 heterocycles. The minimum absolute atomic E-state index is 0.00292. The maximum atomic E-state index is 15.2. The van der Waals surface area contributed by atoms with Crippen LogP contribution in [0, 0.1) is 0 Å². The van der Waals surface area contributed by atoms with Gasteiger partial charge in [-0.3, -0.25) is 14.2 Å². The second-order valence-electron chi connectivity index (χ2n) is 9.49. The molecular weight excluding hydrogens is 585 g/mol. The van der Waals surface area contributed by atoms with Crippen molar-refractivity contribution in [2.75, 3.05) is 12.3 Å². The maximum absolute atomic E-state index is 15.2. The molecule has 0 unspecified atom stereocenters. The molecule has 4 atom stereocenters. The number of aliphatic carboxylic acids is 3. The molecular formula is C25H25ClFN5O10. The zero-order valence-corrected chi connectivity index (χ0v) is 22.3. The Hall–Kier alpha value is -4.25. The van der Waals surface area contributed by atoms with Crippen molar-refractivity contribution in [1.29, 1.82) is 0 Å². The summed E-state index contributed by atoms with van der Waals surface area (Å²) in [4.78, 5) is 59.0. The van der Waals surface area contributed by atoms with Gasteiger partial charge in [0.1, 0.15) is 17.7 Å². The Kier molecular flexibility index (Phi) is 9.00. The van der Waals surface area contributed by atoms with E-state index in [9.17, 15) is 34.5 Å². The number of aliphatic hydroxyl groups is 1. The Morgan fingerprint density at radius 1 is 1.10 bits per heavy atom. The SMILES string of the molecule is Nc1nc(Cl)nc2c1ncn2[C@@H]1O[C@H](COC(Cc2ccc(C(=O)CCCC(=O)O)cc2)(C(=O)O)C(=O)O)[C@@H](O)[C@@H]1F. The summed E-state index contributed by atoms with van der Waals surface area (Å²) in [5.41, 5.74) is 3.39. The molecule has 2 aromatic heterocycles. The summed E-state index contributed by atoms with van der Waals surface area (Å²) < 4.78 is 27.2. The van der Waals surface area contributed by atoms with E-state index >= 15 is 4.39 Å². The van der Waals surface area contributed by atoms with E-state index in [1.807, 2.05) is 0 Å². The van der Waals surface area contributed by atoms with Crippen molar-refractivity contribution in [2.24, 2.45) is 0 Å². The predicted molar refractivity (Wildman–Crippen MR) is 139 cm³/mol. The van der Waals surface area contributed by atoms with Crippen LogP contribution in [0.15, 0.2) is 30.6 Å². The number of rotatable bonds is 13. The molecule has 0 spiro atoms. The number of ether oxygens (including phenoxy) is 2. The maximum Gasteiger partial charge on any atom is 0.348 e. The molecule has 1 fully saturated rings. The summed E-state index contributed by atoms with van der Waals surface area (Å²) in [6.45, 7) is -0.832. The summed E-state index contributed by atoms with van der Waals surface area (Å²) in [6, 6.07) is 5.39. The van der Waals surface area contributed by atoms with Crippen LogP contribution >= 0.6 is 11.6 Å². The van der Waals surface area contributed by atoms with Crippen molar-refractivity contribution in [1.82, 2.24) is 19.5 Å². The second-order valence-corrected chi connectivity index (χ2v) is 9.83. The lowest BCUT2D eigenvalue weighted by Gasteiger charge is -2.27. The van der Waals surface area contributed by atoms with E-state index in [2.05, 4.69) is 15.0 Å². The van der Waals surface area contributed by atoms with E-state index in [1.54, 1.807) is 0 Å². The van der Waals surface area contributed by atoms with Gasteiger partial charge in [0.25, 0.3) is 5.60 Å². The van der Waals surface area contributed by atoms with Crippen molar-refractivity contribution < 1.29 is 53.5 Å². The molecule has 15 nitrogen and oxygen atoms in total. The number of aromatic nitrogens is 4. The van der Waals surface area contributed by atoms with Crippen molar-refractivity contribution >= 4 is 52.3 Å². The number of carboxylic acid groups (broad SMARTS) is 3. The zero-order chi connectivity index (χ0) is 30.8. The lowest BCUT2D eigenvalue weighted by atomic mass is 9.93. The quantitative estimate of drug-likeness (QED) is 0.104. The van der Waals surface area contributed by atoms with Crippen LogP contribution in [0.1, 0.15) is 41.4 Å². The van der Waals surface area contributed by atoms with E-state index in [0.29, 0.717) is 0 Å². The number of nitrogens with two attached hydrogens (primary N) is 1. The molecule has 1 aliphatic rings. The first-order valence-electron chi connectivity index (χ1n) is 12.4. The summed E-state index contributed by atoms with van der Waals surface area (Å²) >= 11 is 5.84. The van der Waals surface area contributed by atoms with E-state index < -0.39 is 61.1 Å². The molecule has 1 saturated heterocycles. The fraction of sp³-hybridized carbons (Fsp3) is 0.400. The summed E-state index contributed by atoms with van der Waals surface area (Å²) in [7, 11) is 0. The van der Waals surface area contributed by atoms with Crippen LogP contribution in [0.25, 0.3) is 11.2 Å². The monoisotopic (exact) mass is 609 g/mol. The highest BCUT2D eigenvalue weighted by atomic mass is 35.5. The number of imidazole rings is 1. The summed E-state index contributed by atoms with van der Waals surface area (Å²) in [5.74, 6) is -5.20.